The predicted octanol–water partition coefficient (Wildman–Crippen LogP) is 2.59. The number of rotatable bonds is 6. The average molecular weight is 451 g/mol. The third-order valence-corrected chi connectivity index (χ3v) is 7.14. The highest BCUT2D eigenvalue weighted by atomic mass is 35.5. The third-order valence-electron chi connectivity index (χ3n) is 4.87. The zero-order valence-corrected chi connectivity index (χ0v) is 18.2. The molecule has 0 unspecified atom stereocenters. The summed E-state index contributed by atoms with van der Waals surface area (Å²) in [6.45, 7) is 2.84. The van der Waals surface area contributed by atoms with Crippen LogP contribution < -0.4 is 0 Å². The maximum Gasteiger partial charge on any atom is 0.338 e. The molecule has 0 N–H and O–H groups in total. The van der Waals surface area contributed by atoms with Gasteiger partial charge in [-0.25, -0.2) is 13.2 Å². The minimum absolute atomic E-state index is 0.0314. The quantitative estimate of drug-likeness (QED) is 0.631. The lowest BCUT2D eigenvalue weighted by Gasteiger charge is -2.34. The van der Waals surface area contributed by atoms with Crippen molar-refractivity contribution in [2.24, 2.45) is 0 Å². The summed E-state index contributed by atoms with van der Waals surface area (Å²) >= 11 is 6.12. The number of sulfonamides is 1. The van der Waals surface area contributed by atoms with Crippen molar-refractivity contribution < 1.29 is 22.7 Å². The Morgan fingerprint density at radius 3 is 2.40 bits per heavy atom. The van der Waals surface area contributed by atoms with Crippen molar-refractivity contribution in [3.05, 3.63) is 64.7 Å². The molecule has 30 heavy (non-hydrogen) atoms. The largest absolute Gasteiger partial charge is 0.462 e. The second kappa shape index (κ2) is 9.59. The summed E-state index contributed by atoms with van der Waals surface area (Å²) in [5.74, 6) is -0.658. The molecule has 9 heteroatoms. The van der Waals surface area contributed by atoms with Gasteiger partial charge in [-0.1, -0.05) is 35.9 Å². The Kier molecular flexibility index (Phi) is 7.12. The fourth-order valence-electron chi connectivity index (χ4n) is 3.24. The molecule has 0 aliphatic carbocycles. The molecule has 2 aromatic carbocycles. The van der Waals surface area contributed by atoms with E-state index in [1.807, 2.05) is 6.07 Å². The predicted molar refractivity (Wildman–Crippen MR) is 113 cm³/mol. The van der Waals surface area contributed by atoms with Gasteiger partial charge in [0.15, 0.2) is 0 Å². The van der Waals surface area contributed by atoms with E-state index in [0.717, 1.165) is 5.56 Å². The van der Waals surface area contributed by atoms with Gasteiger partial charge in [0.05, 0.1) is 23.5 Å². The van der Waals surface area contributed by atoms with Crippen molar-refractivity contribution in [2.45, 2.75) is 18.2 Å². The summed E-state index contributed by atoms with van der Waals surface area (Å²) in [6.07, 6.45) is 0.175. The number of piperazine rings is 1. The van der Waals surface area contributed by atoms with E-state index in [2.05, 4.69) is 0 Å². The van der Waals surface area contributed by atoms with Crippen molar-refractivity contribution in [3.8, 4) is 0 Å². The van der Waals surface area contributed by atoms with Crippen LogP contribution in [0.2, 0.25) is 5.02 Å². The lowest BCUT2D eigenvalue weighted by molar-refractivity contribution is -0.131. The molecule has 7 nitrogen and oxygen atoms in total. The Morgan fingerprint density at radius 2 is 1.73 bits per heavy atom. The monoisotopic (exact) mass is 450 g/mol. The molecule has 1 saturated heterocycles. The molecule has 3 rings (SSSR count). The number of halogens is 1. The first-order valence-electron chi connectivity index (χ1n) is 9.61. The van der Waals surface area contributed by atoms with Crippen LogP contribution in [0.15, 0.2) is 53.4 Å². The minimum atomic E-state index is -3.78. The maximum atomic E-state index is 13.0. The first-order chi connectivity index (χ1) is 14.3. The van der Waals surface area contributed by atoms with E-state index in [9.17, 15) is 18.0 Å². The van der Waals surface area contributed by atoms with Gasteiger partial charge in [0, 0.05) is 31.2 Å². The van der Waals surface area contributed by atoms with Crippen molar-refractivity contribution >= 4 is 33.5 Å². The Balaban J connectivity index is 1.65. The van der Waals surface area contributed by atoms with Crippen LogP contribution in [-0.2, 0) is 26.0 Å². The van der Waals surface area contributed by atoms with Gasteiger partial charge in [0.1, 0.15) is 0 Å². The van der Waals surface area contributed by atoms with Crippen LogP contribution in [0.3, 0.4) is 0 Å². The van der Waals surface area contributed by atoms with E-state index in [-0.39, 0.29) is 42.5 Å². The zero-order chi connectivity index (χ0) is 21.7. The summed E-state index contributed by atoms with van der Waals surface area (Å²) in [4.78, 5) is 26.2. The molecule has 1 heterocycles. The van der Waals surface area contributed by atoms with Gasteiger partial charge in [0.2, 0.25) is 15.9 Å². The van der Waals surface area contributed by atoms with Crippen molar-refractivity contribution in [1.82, 2.24) is 9.21 Å². The molecule has 2 aromatic rings. The van der Waals surface area contributed by atoms with E-state index >= 15 is 0 Å². The lowest BCUT2D eigenvalue weighted by atomic mass is 10.1. The number of amides is 1. The van der Waals surface area contributed by atoms with E-state index in [4.69, 9.17) is 16.3 Å². The number of esters is 1. The van der Waals surface area contributed by atoms with Gasteiger partial charge in [-0.3, -0.25) is 4.79 Å². The summed E-state index contributed by atoms with van der Waals surface area (Å²) in [5.41, 5.74) is 0.932. The van der Waals surface area contributed by atoms with E-state index in [1.54, 1.807) is 30.0 Å². The highest BCUT2D eigenvalue weighted by Crippen LogP contribution is 2.21. The van der Waals surface area contributed by atoms with Crippen LogP contribution in [0.4, 0.5) is 0 Å². The molecule has 1 amide bonds. The second-order valence-corrected chi connectivity index (χ2v) is 9.15. The maximum absolute atomic E-state index is 13.0. The molecule has 1 aliphatic rings. The smallest absolute Gasteiger partial charge is 0.338 e. The molecule has 0 bridgehead atoms. The molecule has 0 aromatic heterocycles. The Bertz CT molecular complexity index is 1030. The van der Waals surface area contributed by atoms with E-state index < -0.39 is 16.0 Å². The fraction of sp³-hybridized carbons (Fsp3) is 0.333. The number of benzene rings is 2. The third kappa shape index (κ3) is 5.00. The SMILES string of the molecule is CCOC(=O)c1cccc(S(=O)(=O)N2CCN(C(=O)Cc3ccccc3Cl)CC2)c1. The zero-order valence-electron chi connectivity index (χ0n) is 16.6. The Hall–Kier alpha value is -2.42. The summed E-state index contributed by atoms with van der Waals surface area (Å²) in [6, 6.07) is 13.0. The summed E-state index contributed by atoms with van der Waals surface area (Å²) in [5, 5.41) is 0.536. The van der Waals surface area contributed by atoms with Crippen LogP contribution in [-0.4, -0.2) is 62.3 Å². The highest BCUT2D eigenvalue weighted by Gasteiger charge is 2.30. The Morgan fingerprint density at radius 1 is 1.03 bits per heavy atom. The Labute approximate surface area is 181 Å². The topological polar surface area (TPSA) is 84.0 Å². The molecule has 1 fully saturated rings. The molecule has 0 radical (unpaired) electrons. The van der Waals surface area contributed by atoms with Crippen LogP contribution in [0.5, 0.6) is 0 Å². The standard InChI is InChI=1S/C21H23ClN2O5S/c1-2-29-21(26)17-7-5-8-18(14-17)30(27,28)24-12-10-23(11-13-24)20(25)15-16-6-3-4-9-19(16)22/h3-9,14H,2,10-13,15H2,1H3. The van der Waals surface area contributed by atoms with Crippen LogP contribution >= 0.6 is 11.6 Å². The van der Waals surface area contributed by atoms with Gasteiger partial charge in [-0.05, 0) is 36.8 Å². The van der Waals surface area contributed by atoms with Gasteiger partial charge in [-0.2, -0.15) is 4.31 Å². The minimum Gasteiger partial charge on any atom is -0.462 e. The van der Waals surface area contributed by atoms with Crippen LogP contribution in [0.1, 0.15) is 22.8 Å². The normalized spacial score (nSPS) is 15.1. The van der Waals surface area contributed by atoms with Crippen LogP contribution in [0, 0.1) is 0 Å². The van der Waals surface area contributed by atoms with Gasteiger partial charge >= 0.3 is 5.97 Å². The number of hydrogen-bond acceptors (Lipinski definition) is 5. The summed E-state index contributed by atoms with van der Waals surface area (Å²) < 4.78 is 32.2. The van der Waals surface area contributed by atoms with E-state index in [0.29, 0.717) is 18.1 Å². The number of carbonyl (C=O) groups excluding carboxylic acids is 2. The highest BCUT2D eigenvalue weighted by molar-refractivity contribution is 7.89. The average Bonchev–Trinajstić information content (AvgIpc) is 2.75. The van der Waals surface area contributed by atoms with Crippen molar-refractivity contribution in [2.75, 3.05) is 32.8 Å². The van der Waals surface area contributed by atoms with Gasteiger partial charge < -0.3 is 9.64 Å². The molecule has 160 valence electrons. The number of ether oxygens (including phenoxy) is 1. The van der Waals surface area contributed by atoms with Crippen molar-refractivity contribution in [1.29, 1.82) is 0 Å². The first-order valence-corrected chi connectivity index (χ1v) is 11.4. The molecule has 0 spiro atoms. The van der Waals surface area contributed by atoms with Crippen LogP contribution in [0.25, 0.3) is 0 Å². The molecule has 1 aliphatic heterocycles. The molecule has 0 atom stereocenters. The summed E-state index contributed by atoms with van der Waals surface area (Å²) in [7, 11) is -3.78. The number of nitrogens with zero attached hydrogens (tertiary/aromatic N) is 2. The van der Waals surface area contributed by atoms with Gasteiger partial charge in [-0.15, -0.1) is 0 Å². The van der Waals surface area contributed by atoms with E-state index in [1.165, 1.54) is 28.6 Å². The lowest BCUT2D eigenvalue weighted by Crippen LogP contribution is -2.50. The fourth-order valence-corrected chi connectivity index (χ4v) is 4.91. The molecular formula is C21H23ClN2O5S. The second-order valence-electron chi connectivity index (χ2n) is 6.80. The van der Waals surface area contributed by atoms with Crippen molar-refractivity contribution in [3.63, 3.8) is 0 Å². The van der Waals surface area contributed by atoms with Gasteiger partial charge in [0.25, 0.3) is 0 Å². The molecule has 0 saturated carbocycles. The number of carbonyl (C=O) groups is 2. The molecular weight excluding hydrogens is 428 g/mol. The first kappa shape index (κ1) is 22.3. The number of hydrogen-bond donors (Lipinski definition) is 0.